The Labute approximate surface area is 49.3 Å². The Morgan fingerprint density at radius 1 is 1.25 bits per heavy atom. The normalized spacial score (nSPS) is 14.0. The number of rotatable bonds is 0. The third-order valence-corrected chi connectivity index (χ3v) is 0.498. The van der Waals surface area contributed by atoms with Gasteiger partial charge in [0.05, 0.1) is 14.6 Å². The highest BCUT2D eigenvalue weighted by molar-refractivity contribution is 5.75. The van der Waals surface area contributed by atoms with Gasteiger partial charge in [-0.25, -0.2) is 0 Å². The van der Waals surface area contributed by atoms with Crippen LogP contribution in [0.25, 0.3) is 0 Å². The molecule has 0 aliphatic carbocycles. The molecule has 0 atom stereocenters. The number of nitrogens with zero attached hydrogens (tertiary/aromatic N) is 2. The van der Waals surface area contributed by atoms with E-state index in [1.54, 1.807) is 18.4 Å². The summed E-state index contributed by atoms with van der Waals surface area (Å²) in [5.74, 6) is 0. The van der Waals surface area contributed by atoms with Crippen molar-refractivity contribution in [3.8, 4) is 0 Å². The van der Waals surface area contributed by atoms with Crippen LogP contribution in [-0.2, 0) is 4.84 Å². The molecule has 0 bridgehead atoms. The largest absolute Gasteiger partial charge is 0.347 e. The molecule has 0 aromatic carbocycles. The quantitative estimate of drug-likeness (QED) is 0.411. The first-order valence-corrected chi connectivity index (χ1v) is 1.88. The SMILES string of the molecule is B.C1=CN=NOC=C1. The molecule has 0 aromatic rings. The monoisotopic (exact) mass is 110 g/mol. The summed E-state index contributed by atoms with van der Waals surface area (Å²) in [4.78, 5) is 4.41. The van der Waals surface area contributed by atoms with E-state index in [2.05, 4.69) is 15.2 Å². The summed E-state index contributed by atoms with van der Waals surface area (Å²) in [6.07, 6.45) is 6.44. The van der Waals surface area contributed by atoms with Crippen molar-refractivity contribution in [1.82, 2.24) is 0 Å². The Bertz CT molecular complexity index is 116. The maximum absolute atomic E-state index is 4.41. The van der Waals surface area contributed by atoms with Gasteiger partial charge in [0.25, 0.3) is 0 Å². The summed E-state index contributed by atoms with van der Waals surface area (Å²) in [6.45, 7) is 0. The lowest BCUT2D eigenvalue weighted by Crippen LogP contribution is -1.56. The second-order valence-corrected chi connectivity index (χ2v) is 0.973. The smallest absolute Gasteiger partial charge is 0.124 e. The molecule has 4 heteroatoms. The van der Waals surface area contributed by atoms with Crippen LogP contribution in [0.1, 0.15) is 0 Å². The van der Waals surface area contributed by atoms with Gasteiger partial charge < -0.3 is 4.84 Å². The Kier molecular flexibility index (Phi) is 3.57. The van der Waals surface area contributed by atoms with Crippen molar-refractivity contribution in [2.45, 2.75) is 0 Å². The van der Waals surface area contributed by atoms with Crippen LogP contribution in [0.15, 0.2) is 35.0 Å². The second-order valence-electron chi connectivity index (χ2n) is 0.973. The molecule has 0 radical (unpaired) electrons. The highest BCUT2D eigenvalue weighted by Gasteiger charge is 1.71. The second kappa shape index (κ2) is 4.11. The Morgan fingerprint density at radius 3 is 3.00 bits per heavy atom. The minimum atomic E-state index is 0. The summed E-state index contributed by atoms with van der Waals surface area (Å²) in [5.41, 5.74) is 0. The zero-order valence-electron chi connectivity index (χ0n) is 3.61. The standard InChI is InChI=1S/C4H4N2O.BH3/c1-2-4-7-6-5-3-1;/h1-4H;1H3. The fourth-order valence-corrected chi connectivity index (χ4v) is 0.250. The van der Waals surface area contributed by atoms with Gasteiger partial charge in [-0.1, -0.05) is 0 Å². The Morgan fingerprint density at radius 2 is 2.12 bits per heavy atom. The molecule has 0 fully saturated rings. The lowest BCUT2D eigenvalue weighted by atomic mass is 10.6. The molecule has 0 N–H and O–H groups in total. The number of hydrogen-bond donors (Lipinski definition) is 0. The minimum absolute atomic E-state index is 0. The predicted molar refractivity (Wildman–Crippen MR) is 34.2 cm³/mol. The summed E-state index contributed by atoms with van der Waals surface area (Å²) in [7, 11) is 0. The van der Waals surface area contributed by atoms with Gasteiger partial charge >= 0.3 is 0 Å². The average Bonchev–Trinajstić information content (AvgIpc) is 1.90. The topological polar surface area (TPSA) is 34.0 Å². The van der Waals surface area contributed by atoms with E-state index in [1.807, 2.05) is 0 Å². The molecule has 3 nitrogen and oxygen atoms in total. The minimum Gasteiger partial charge on any atom is -0.347 e. The Balaban J connectivity index is 0.000000490. The third kappa shape index (κ3) is 2.18. The maximum atomic E-state index is 4.41. The number of allylic oxidation sites excluding steroid dienone is 2. The summed E-state index contributed by atoms with van der Waals surface area (Å²) >= 11 is 0. The Hall–Kier alpha value is -1.06. The lowest BCUT2D eigenvalue weighted by molar-refractivity contribution is 0.243. The van der Waals surface area contributed by atoms with E-state index >= 15 is 0 Å². The average molecular weight is 110 g/mol. The molecular formula is C4H7BN2O. The molecule has 8 heavy (non-hydrogen) atoms. The van der Waals surface area contributed by atoms with Crippen molar-refractivity contribution in [2.75, 3.05) is 0 Å². The molecule has 1 aliphatic heterocycles. The van der Waals surface area contributed by atoms with Crippen LogP contribution >= 0.6 is 0 Å². The number of hydrogen-bond acceptors (Lipinski definition) is 3. The van der Waals surface area contributed by atoms with Crippen molar-refractivity contribution in [3.05, 3.63) is 24.6 Å². The van der Waals surface area contributed by atoms with E-state index in [-0.39, 0.29) is 8.41 Å². The third-order valence-electron chi connectivity index (χ3n) is 0.498. The van der Waals surface area contributed by atoms with Crippen LogP contribution in [-0.4, -0.2) is 8.41 Å². The molecule has 1 rings (SSSR count). The van der Waals surface area contributed by atoms with Crippen molar-refractivity contribution < 1.29 is 4.84 Å². The molecule has 0 amide bonds. The molecule has 0 saturated carbocycles. The molecular weight excluding hydrogens is 103 g/mol. The van der Waals surface area contributed by atoms with Gasteiger partial charge in [-0.15, -0.1) is 5.11 Å². The van der Waals surface area contributed by atoms with Crippen LogP contribution < -0.4 is 0 Å². The summed E-state index contributed by atoms with van der Waals surface area (Å²) < 4.78 is 0. The van der Waals surface area contributed by atoms with Crippen molar-refractivity contribution in [2.24, 2.45) is 10.4 Å². The van der Waals surface area contributed by atoms with Gasteiger partial charge in [0.15, 0.2) is 0 Å². The van der Waals surface area contributed by atoms with E-state index in [1.165, 1.54) is 6.26 Å². The molecule has 0 spiro atoms. The lowest BCUT2D eigenvalue weighted by Gasteiger charge is -1.75. The highest BCUT2D eigenvalue weighted by atomic mass is 16.6. The fraction of sp³-hybridized carbons (Fsp3) is 0. The zero-order valence-corrected chi connectivity index (χ0v) is 3.61. The molecule has 1 aliphatic rings. The van der Waals surface area contributed by atoms with Crippen molar-refractivity contribution in [1.29, 1.82) is 0 Å². The van der Waals surface area contributed by atoms with E-state index in [4.69, 9.17) is 0 Å². The maximum Gasteiger partial charge on any atom is 0.124 e. The molecule has 0 saturated heterocycles. The molecule has 0 unspecified atom stereocenters. The summed E-state index contributed by atoms with van der Waals surface area (Å²) in [5, 5.41) is 6.65. The molecule has 0 aromatic heterocycles. The summed E-state index contributed by atoms with van der Waals surface area (Å²) in [6, 6.07) is 0. The molecule has 1 heterocycles. The van der Waals surface area contributed by atoms with E-state index in [9.17, 15) is 0 Å². The van der Waals surface area contributed by atoms with Gasteiger partial charge in [0.2, 0.25) is 0 Å². The highest BCUT2D eigenvalue weighted by Crippen LogP contribution is 1.88. The van der Waals surface area contributed by atoms with Gasteiger partial charge in [-0.2, -0.15) is 0 Å². The first-order chi connectivity index (χ1) is 3.50. The molecule has 42 valence electrons. The van der Waals surface area contributed by atoms with Crippen LogP contribution in [0.3, 0.4) is 0 Å². The van der Waals surface area contributed by atoms with Gasteiger partial charge in [0, 0.05) is 5.28 Å². The van der Waals surface area contributed by atoms with E-state index in [0.29, 0.717) is 0 Å². The zero-order chi connectivity index (χ0) is 4.95. The van der Waals surface area contributed by atoms with Crippen LogP contribution in [0.5, 0.6) is 0 Å². The predicted octanol–water partition coefficient (Wildman–Crippen LogP) is 0.227. The van der Waals surface area contributed by atoms with Gasteiger partial charge in [-0.05, 0) is 12.2 Å². The van der Waals surface area contributed by atoms with Gasteiger partial charge in [-0.3, -0.25) is 0 Å². The van der Waals surface area contributed by atoms with Crippen LogP contribution in [0.4, 0.5) is 0 Å². The fourth-order valence-electron chi connectivity index (χ4n) is 0.250. The first kappa shape index (κ1) is 6.94. The van der Waals surface area contributed by atoms with Crippen molar-refractivity contribution >= 4 is 8.41 Å². The van der Waals surface area contributed by atoms with Gasteiger partial charge in [0.1, 0.15) is 6.26 Å². The van der Waals surface area contributed by atoms with E-state index in [0.717, 1.165) is 0 Å². The van der Waals surface area contributed by atoms with Crippen LogP contribution in [0, 0.1) is 0 Å². The van der Waals surface area contributed by atoms with Crippen molar-refractivity contribution in [3.63, 3.8) is 0 Å². The van der Waals surface area contributed by atoms with Crippen LogP contribution in [0.2, 0.25) is 0 Å². The first-order valence-electron chi connectivity index (χ1n) is 1.88. The van der Waals surface area contributed by atoms with E-state index < -0.39 is 0 Å².